The molecule has 21 heavy (non-hydrogen) atoms. The lowest BCUT2D eigenvalue weighted by Gasteiger charge is -2.44. The molecule has 0 amide bonds. The molecule has 1 aromatic heterocycles. The van der Waals surface area contributed by atoms with Gasteiger partial charge in [-0.05, 0) is 37.8 Å². The normalized spacial score (nSPS) is 31.1. The molecule has 2 aliphatic carbocycles. The van der Waals surface area contributed by atoms with Crippen LogP contribution in [-0.2, 0) is 5.41 Å². The largest absolute Gasteiger partial charge is 0.389 e. The summed E-state index contributed by atoms with van der Waals surface area (Å²) >= 11 is 0. The molecule has 1 aromatic rings. The number of nitrogens with one attached hydrogen (secondary N) is 1. The lowest BCUT2D eigenvalue weighted by atomic mass is 9.64. The molecule has 4 nitrogen and oxygen atoms in total. The fourth-order valence-corrected chi connectivity index (χ4v) is 3.65. The van der Waals surface area contributed by atoms with E-state index in [-0.39, 0.29) is 0 Å². The van der Waals surface area contributed by atoms with Gasteiger partial charge in [-0.25, -0.2) is 0 Å². The maximum Gasteiger partial charge on any atom is 0.102 e. The Morgan fingerprint density at radius 2 is 2.05 bits per heavy atom. The molecule has 0 saturated heterocycles. The van der Waals surface area contributed by atoms with Crippen molar-refractivity contribution in [3.8, 4) is 6.07 Å². The maximum absolute atomic E-state index is 10.5. The zero-order chi connectivity index (χ0) is 14.8. The predicted molar refractivity (Wildman–Crippen MR) is 80.6 cm³/mol. The highest BCUT2D eigenvalue weighted by atomic mass is 16.3. The number of nitrogens with zero attached hydrogens (tertiary/aromatic N) is 2. The van der Waals surface area contributed by atoms with Crippen LogP contribution in [0.1, 0.15) is 50.6 Å². The van der Waals surface area contributed by atoms with E-state index in [4.69, 9.17) is 0 Å². The third-order valence-electron chi connectivity index (χ3n) is 5.06. The van der Waals surface area contributed by atoms with E-state index in [9.17, 15) is 10.4 Å². The van der Waals surface area contributed by atoms with Gasteiger partial charge in [-0.3, -0.25) is 4.98 Å². The fourth-order valence-electron chi connectivity index (χ4n) is 3.65. The van der Waals surface area contributed by atoms with Crippen molar-refractivity contribution >= 4 is 0 Å². The minimum absolute atomic E-state index is 0.317. The number of nitriles is 1. The predicted octanol–water partition coefficient (Wildman–Crippen LogP) is 2.29. The van der Waals surface area contributed by atoms with E-state index < -0.39 is 11.0 Å². The Morgan fingerprint density at radius 3 is 2.67 bits per heavy atom. The van der Waals surface area contributed by atoms with Crippen LogP contribution in [0.25, 0.3) is 0 Å². The fraction of sp³-hybridized carbons (Fsp3) is 0.647. The zero-order valence-corrected chi connectivity index (χ0v) is 12.4. The van der Waals surface area contributed by atoms with Crippen LogP contribution in [0.15, 0.2) is 24.4 Å². The van der Waals surface area contributed by atoms with Gasteiger partial charge in [-0.2, -0.15) is 5.26 Å². The first-order valence-corrected chi connectivity index (χ1v) is 7.94. The average Bonchev–Trinajstić information content (AvgIpc) is 2.48. The van der Waals surface area contributed by atoms with Gasteiger partial charge in [0.25, 0.3) is 0 Å². The zero-order valence-electron chi connectivity index (χ0n) is 12.4. The average molecular weight is 285 g/mol. The van der Waals surface area contributed by atoms with Crippen molar-refractivity contribution in [2.45, 2.75) is 62.0 Å². The topological polar surface area (TPSA) is 68.9 Å². The van der Waals surface area contributed by atoms with Crippen molar-refractivity contribution in [3.63, 3.8) is 0 Å². The Kier molecular flexibility index (Phi) is 3.97. The Hall–Kier alpha value is -1.44. The third kappa shape index (κ3) is 2.95. The number of hydrogen-bond donors (Lipinski definition) is 2. The second kappa shape index (κ2) is 5.75. The van der Waals surface area contributed by atoms with Crippen LogP contribution in [0, 0.1) is 11.3 Å². The van der Waals surface area contributed by atoms with E-state index >= 15 is 0 Å². The van der Waals surface area contributed by atoms with Gasteiger partial charge in [0.05, 0.1) is 17.4 Å². The summed E-state index contributed by atoms with van der Waals surface area (Å²) in [6.07, 6.45) is 8.61. The van der Waals surface area contributed by atoms with Crippen LogP contribution < -0.4 is 5.32 Å². The second-order valence-electron chi connectivity index (χ2n) is 6.68. The number of aromatic nitrogens is 1. The number of aliphatic hydroxyl groups is 1. The number of hydrogen-bond acceptors (Lipinski definition) is 4. The first kappa shape index (κ1) is 14.5. The van der Waals surface area contributed by atoms with Crippen LogP contribution in [0.2, 0.25) is 0 Å². The molecule has 0 unspecified atom stereocenters. The van der Waals surface area contributed by atoms with Crippen molar-refractivity contribution < 1.29 is 5.11 Å². The highest BCUT2D eigenvalue weighted by Crippen LogP contribution is 2.42. The maximum atomic E-state index is 10.5. The lowest BCUT2D eigenvalue weighted by molar-refractivity contribution is -0.00176. The molecule has 0 spiro atoms. The molecule has 0 bridgehead atoms. The van der Waals surface area contributed by atoms with Gasteiger partial charge in [0.2, 0.25) is 0 Å². The minimum atomic E-state index is -0.534. The molecule has 2 aliphatic rings. The molecular formula is C17H23N3O. The standard InChI is InChI=1S/C17H23N3O/c18-12-16(15-6-2-5-9-19-15)10-14(11-16)20-13-17(21)7-3-1-4-8-17/h2,5-6,9,14,20-21H,1,3-4,7-8,10-11,13H2. The second-order valence-corrected chi connectivity index (χ2v) is 6.68. The van der Waals surface area contributed by atoms with Gasteiger partial charge in [-0.15, -0.1) is 0 Å². The first-order valence-electron chi connectivity index (χ1n) is 7.94. The number of rotatable bonds is 4. The summed E-state index contributed by atoms with van der Waals surface area (Å²) in [6, 6.07) is 8.51. The van der Waals surface area contributed by atoms with Crippen molar-refractivity contribution in [1.29, 1.82) is 5.26 Å². The van der Waals surface area contributed by atoms with E-state index in [2.05, 4.69) is 16.4 Å². The van der Waals surface area contributed by atoms with Gasteiger partial charge in [0.1, 0.15) is 5.41 Å². The van der Waals surface area contributed by atoms with Gasteiger partial charge < -0.3 is 10.4 Å². The third-order valence-corrected chi connectivity index (χ3v) is 5.06. The minimum Gasteiger partial charge on any atom is -0.389 e. The molecule has 2 N–H and O–H groups in total. The Labute approximate surface area is 126 Å². The molecule has 0 atom stereocenters. The molecule has 2 fully saturated rings. The van der Waals surface area contributed by atoms with Gasteiger partial charge in [-0.1, -0.05) is 25.3 Å². The summed E-state index contributed by atoms with van der Waals surface area (Å²) in [7, 11) is 0. The molecule has 4 heteroatoms. The lowest BCUT2D eigenvalue weighted by Crippen LogP contribution is -2.55. The summed E-state index contributed by atoms with van der Waals surface area (Å²) < 4.78 is 0. The van der Waals surface area contributed by atoms with Crippen LogP contribution >= 0.6 is 0 Å². The molecule has 3 rings (SSSR count). The molecular weight excluding hydrogens is 262 g/mol. The molecule has 2 saturated carbocycles. The SMILES string of the molecule is N#CC1(c2ccccn2)CC(NCC2(O)CCCCC2)C1. The van der Waals surface area contributed by atoms with Crippen molar-refractivity contribution in [2.24, 2.45) is 0 Å². The van der Waals surface area contributed by atoms with Crippen LogP contribution in [0.3, 0.4) is 0 Å². The molecule has 1 heterocycles. The summed E-state index contributed by atoms with van der Waals surface area (Å²) in [6.45, 7) is 0.654. The van der Waals surface area contributed by atoms with Crippen LogP contribution in [0.4, 0.5) is 0 Å². The van der Waals surface area contributed by atoms with E-state index in [1.807, 2.05) is 18.2 Å². The molecule has 0 aromatic carbocycles. The summed E-state index contributed by atoms with van der Waals surface area (Å²) in [4.78, 5) is 4.34. The van der Waals surface area contributed by atoms with Gasteiger partial charge in [0, 0.05) is 18.8 Å². The number of pyridine rings is 1. The highest BCUT2D eigenvalue weighted by molar-refractivity contribution is 5.32. The van der Waals surface area contributed by atoms with E-state index in [1.165, 1.54) is 6.42 Å². The van der Waals surface area contributed by atoms with Crippen LogP contribution in [0.5, 0.6) is 0 Å². The van der Waals surface area contributed by atoms with E-state index in [1.54, 1.807) is 6.20 Å². The van der Waals surface area contributed by atoms with Gasteiger partial charge >= 0.3 is 0 Å². The quantitative estimate of drug-likeness (QED) is 0.890. The Balaban J connectivity index is 1.54. The summed E-state index contributed by atoms with van der Waals surface area (Å²) in [5.74, 6) is 0. The Morgan fingerprint density at radius 1 is 1.29 bits per heavy atom. The van der Waals surface area contributed by atoms with Gasteiger partial charge in [0.15, 0.2) is 0 Å². The highest BCUT2D eigenvalue weighted by Gasteiger charge is 2.47. The molecule has 0 radical (unpaired) electrons. The Bertz CT molecular complexity index is 511. The van der Waals surface area contributed by atoms with Crippen molar-refractivity contribution in [2.75, 3.05) is 6.54 Å². The molecule has 0 aliphatic heterocycles. The van der Waals surface area contributed by atoms with Crippen molar-refractivity contribution in [1.82, 2.24) is 10.3 Å². The van der Waals surface area contributed by atoms with E-state index in [0.717, 1.165) is 44.2 Å². The summed E-state index contributed by atoms with van der Waals surface area (Å²) in [5.41, 5.74) is -0.0932. The molecule has 112 valence electrons. The van der Waals surface area contributed by atoms with E-state index in [0.29, 0.717) is 12.6 Å². The summed E-state index contributed by atoms with van der Waals surface area (Å²) in [5, 5.41) is 23.5. The van der Waals surface area contributed by atoms with Crippen LogP contribution in [-0.4, -0.2) is 28.3 Å². The smallest absolute Gasteiger partial charge is 0.102 e. The first-order chi connectivity index (χ1) is 10.2. The monoisotopic (exact) mass is 285 g/mol. The van der Waals surface area contributed by atoms with Crippen molar-refractivity contribution in [3.05, 3.63) is 30.1 Å².